The maximum Gasteiger partial charge on any atom is 0.275 e. The number of Topliss-reactive ketones (excluding diaryl/α,β-unsaturated/α-hetero) is 1. The molecule has 0 aliphatic rings. The average molecular weight is 463 g/mol. The smallest absolute Gasteiger partial charge is 0.275 e. The Morgan fingerprint density at radius 2 is 1.52 bits per heavy atom. The number of hydrogen-bond acceptors (Lipinski definition) is 5. The lowest BCUT2D eigenvalue weighted by Crippen LogP contribution is -2.28. The molecule has 0 fully saturated rings. The summed E-state index contributed by atoms with van der Waals surface area (Å²) < 4.78 is 36.6. The average Bonchev–Trinajstić information content (AvgIpc) is 2.82. The summed E-state index contributed by atoms with van der Waals surface area (Å²) in [6.07, 6.45) is 1.49. The summed E-state index contributed by atoms with van der Waals surface area (Å²) in [5.74, 6) is -0.786. The maximum absolute atomic E-state index is 13.5. The molecule has 0 unspecified atom stereocenters. The van der Waals surface area contributed by atoms with E-state index in [1.807, 2.05) is 0 Å². The highest BCUT2D eigenvalue weighted by molar-refractivity contribution is 7.71. The third-order valence-corrected chi connectivity index (χ3v) is 5.77. The Kier molecular flexibility index (Phi) is 6.55. The van der Waals surface area contributed by atoms with Gasteiger partial charge in [0, 0.05) is 11.1 Å². The van der Waals surface area contributed by atoms with E-state index < -0.39 is 22.1 Å². The highest BCUT2D eigenvalue weighted by Crippen LogP contribution is 2.29. The predicted octanol–water partition coefficient (Wildman–Crippen LogP) is 3.71. The second-order valence-electron chi connectivity index (χ2n) is 7.38. The molecule has 8 heteroatoms. The quantitative estimate of drug-likeness (QED) is 0.334. The van der Waals surface area contributed by atoms with Crippen LogP contribution in [0.25, 0.3) is 22.3 Å². The van der Waals surface area contributed by atoms with Crippen LogP contribution in [0, 0.1) is 5.82 Å². The van der Waals surface area contributed by atoms with Crippen molar-refractivity contribution in [1.82, 2.24) is 9.78 Å². The van der Waals surface area contributed by atoms with Crippen molar-refractivity contribution in [2.24, 2.45) is 0 Å². The van der Waals surface area contributed by atoms with Crippen LogP contribution in [0.5, 0.6) is 0 Å². The van der Waals surface area contributed by atoms with Crippen molar-refractivity contribution in [3.63, 3.8) is 0 Å². The number of nitrogens with zero attached hydrogens (tertiary/aromatic N) is 2. The van der Waals surface area contributed by atoms with Crippen molar-refractivity contribution in [1.29, 1.82) is 0 Å². The number of aromatic nitrogens is 2. The fraction of sp³-hybridized carbons (Fsp3) is 0.0800. The molecule has 4 aromatic rings. The molecule has 0 radical (unpaired) electrons. The van der Waals surface area contributed by atoms with Crippen molar-refractivity contribution in [2.75, 3.05) is 0 Å². The van der Waals surface area contributed by atoms with Crippen LogP contribution in [0.2, 0.25) is 0 Å². The van der Waals surface area contributed by atoms with E-state index >= 15 is 0 Å². The number of hydrogen-bond donors (Lipinski definition) is 1. The molecule has 1 heterocycles. The molecular formula is C25H19FN2O4S. The van der Waals surface area contributed by atoms with E-state index in [4.69, 9.17) is 0 Å². The number of carbonyl (C=O) groups excluding carboxylic acids is 1. The lowest BCUT2D eigenvalue weighted by atomic mass is 9.96. The number of ketones is 1. The van der Waals surface area contributed by atoms with E-state index in [-0.39, 0.29) is 23.6 Å². The number of rotatable bonds is 7. The van der Waals surface area contributed by atoms with Gasteiger partial charge in [-0.3, -0.25) is 9.59 Å². The second-order valence-corrected chi connectivity index (χ2v) is 8.36. The van der Waals surface area contributed by atoms with E-state index in [0.717, 1.165) is 4.68 Å². The summed E-state index contributed by atoms with van der Waals surface area (Å²) >= 11 is 0. The molecule has 33 heavy (non-hydrogen) atoms. The lowest BCUT2D eigenvalue weighted by molar-refractivity contribution is 0.0965. The summed E-state index contributed by atoms with van der Waals surface area (Å²) in [6, 6.07) is 20.9. The summed E-state index contributed by atoms with van der Waals surface area (Å²) in [7, 11) is -2.56. The van der Waals surface area contributed by atoms with Gasteiger partial charge in [-0.25, -0.2) is 17.5 Å². The minimum atomic E-state index is -2.56. The zero-order chi connectivity index (χ0) is 23.4. The van der Waals surface area contributed by atoms with Crippen molar-refractivity contribution >= 4 is 16.5 Å². The number of thiol groups is 1. The Morgan fingerprint density at radius 3 is 2.15 bits per heavy atom. The SMILES string of the molecule is O=C(Cn1ncc(-c2ccc(C[SH](=O)=O)cc2)c(-c2ccc(F)cc2)c1=O)c1ccccc1. The molecule has 1 aromatic heterocycles. The fourth-order valence-electron chi connectivity index (χ4n) is 3.51. The Bertz CT molecular complexity index is 1420. The first kappa shape index (κ1) is 22.3. The summed E-state index contributed by atoms with van der Waals surface area (Å²) in [5, 5.41) is 4.21. The molecule has 0 saturated carbocycles. The number of carbonyl (C=O) groups is 1. The second kappa shape index (κ2) is 9.70. The molecular weight excluding hydrogens is 443 g/mol. The van der Waals surface area contributed by atoms with E-state index in [2.05, 4.69) is 5.10 Å². The van der Waals surface area contributed by atoms with Crippen molar-refractivity contribution in [2.45, 2.75) is 12.3 Å². The van der Waals surface area contributed by atoms with Gasteiger partial charge in [0.05, 0.1) is 17.5 Å². The molecule has 4 rings (SSSR count). The van der Waals surface area contributed by atoms with Crippen LogP contribution in [0.1, 0.15) is 15.9 Å². The van der Waals surface area contributed by atoms with Crippen LogP contribution >= 0.6 is 0 Å². The number of benzene rings is 3. The summed E-state index contributed by atoms with van der Waals surface area (Å²) in [6.45, 7) is -0.243. The Hall–Kier alpha value is -3.91. The Morgan fingerprint density at radius 1 is 0.879 bits per heavy atom. The van der Waals surface area contributed by atoms with Gasteiger partial charge in [-0.1, -0.05) is 66.7 Å². The third kappa shape index (κ3) is 5.12. The highest BCUT2D eigenvalue weighted by atomic mass is 32.2. The van der Waals surface area contributed by atoms with Gasteiger partial charge in [0.2, 0.25) is 0 Å². The maximum atomic E-state index is 13.5. The Balaban J connectivity index is 1.80. The van der Waals surface area contributed by atoms with E-state index in [1.165, 1.54) is 30.5 Å². The molecule has 3 aromatic carbocycles. The van der Waals surface area contributed by atoms with E-state index in [9.17, 15) is 22.4 Å². The molecule has 0 aliphatic carbocycles. The molecule has 0 atom stereocenters. The van der Waals surface area contributed by atoms with Crippen molar-refractivity contribution in [3.05, 3.63) is 112 Å². The molecule has 0 aliphatic heterocycles. The molecule has 166 valence electrons. The first-order valence-electron chi connectivity index (χ1n) is 10.1. The first-order valence-corrected chi connectivity index (χ1v) is 11.4. The van der Waals surface area contributed by atoms with Crippen LogP contribution in [0.3, 0.4) is 0 Å². The predicted molar refractivity (Wildman–Crippen MR) is 124 cm³/mol. The van der Waals surface area contributed by atoms with Gasteiger partial charge in [-0.05, 0) is 28.8 Å². The van der Waals surface area contributed by atoms with Crippen molar-refractivity contribution in [3.8, 4) is 22.3 Å². The number of halogens is 1. The Labute approximate surface area is 190 Å². The van der Waals surface area contributed by atoms with Gasteiger partial charge < -0.3 is 0 Å². The third-order valence-electron chi connectivity index (χ3n) is 5.14. The first-order chi connectivity index (χ1) is 15.9. The zero-order valence-electron chi connectivity index (χ0n) is 17.3. The van der Waals surface area contributed by atoms with Gasteiger partial charge in [0.1, 0.15) is 23.1 Å². The van der Waals surface area contributed by atoms with Gasteiger partial charge in [-0.15, -0.1) is 0 Å². The zero-order valence-corrected chi connectivity index (χ0v) is 18.2. The lowest BCUT2D eigenvalue weighted by Gasteiger charge is -2.13. The monoisotopic (exact) mass is 462 g/mol. The van der Waals surface area contributed by atoms with Gasteiger partial charge >= 0.3 is 0 Å². The van der Waals surface area contributed by atoms with Crippen LogP contribution in [0.15, 0.2) is 89.9 Å². The minimum Gasteiger partial charge on any atom is -0.292 e. The summed E-state index contributed by atoms with van der Waals surface area (Å²) in [4.78, 5) is 26.0. The van der Waals surface area contributed by atoms with Crippen LogP contribution in [-0.4, -0.2) is 24.0 Å². The van der Waals surface area contributed by atoms with Crippen LogP contribution in [0.4, 0.5) is 4.39 Å². The van der Waals surface area contributed by atoms with Crippen LogP contribution in [-0.2, 0) is 23.0 Å². The van der Waals surface area contributed by atoms with E-state index in [1.54, 1.807) is 54.6 Å². The standard InChI is InChI=1S/C25H19FN2O4S/c26-21-12-10-20(11-13-21)24-22(18-8-6-17(7-9-18)16-33(31)32)14-27-28(25(24)30)15-23(29)19-4-2-1-3-5-19/h1-14,33H,15-16H2. The topological polar surface area (TPSA) is 86.1 Å². The molecule has 0 N–H and O–H groups in total. The molecule has 0 bridgehead atoms. The molecule has 0 spiro atoms. The molecule has 6 nitrogen and oxygen atoms in total. The largest absolute Gasteiger partial charge is 0.292 e. The van der Waals surface area contributed by atoms with Gasteiger partial charge in [0.25, 0.3) is 5.56 Å². The van der Waals surface area contributed by atoms with Gasteiger partial charge in [-0.2, -0.15) is 5.10 Å². The highest BCUT2D eigenvalue weighted by Gasteiger charge is 2.17. The molecule has 0 saturated heterocycles. The van der Waals surface area contributed by atoms with Crippen LogP contribution < -0.4 is 5.56 Å². The van der Waals surface area contributed by atoms with Gasteiger partial charge in [0.15, 0.2) is 5.78 Å². The van der Waals surface area contributed by atoms with E-state index in [0.29, 0.717) is 27.8 Å². The fourth-order valence-corrected chi connectivity index (χ4v) is 4.01. The minimum absolute atomic E-state index is 0.0815. The van der Waals surface area contributed by atoms with Crippen molar-refractivity contribution < 1.29 is 17.6 Å². The normalized spacial score (nSPS) is 11.0. The molecule has 0 amide bonds. The summed E-state index contributed by atoms with van der Waals surface area (Å²) in [5.41, 5.74) is 2.48.